The highest BCUT2D eigenvalue weighted by atomic mass is 15.1. The first kappa shape index (κ1) is 33.6. The van der Waals surface area contributed by atoms with Crippen molar-refractivity contribution in [2.75, 3.05) is 4.90 Å². The monoisotopic (exact) mass is 729 g/mol. The second kappa shape index (κ2) is 12.9. The van der Waals surface area contributed by atoms with Crippen LogP contribution in [0.2, 0.25) is 0 Å². The van der Waals surface area contributed by atoms with Crippen LogP contribution in [0.25, 0.3) is 43.8 Å². The van der Waals surface area contributed by atoms with E-state index in [9.17, 15) is 0 Å². The number of hydrogen-bond acceptors (Lipinski definition) is 1. The second-order valence-corrected chi connectivity index (χ2v) is 15.9. The molecule has 0 bridgehead atoms. The summed E-state index contributed by atoms with van der Waals surface area (Å²) in [6.45, 7) is 4.72. The number of benzene rings is 9. The summed E-state index contributed by atoms with van der Waals surface area (Å²) >= 11 is 0. The first-order valence-electron chi connectivity index (χ1n) is 20.5. The first-order valence-corrected chi connectivity index (χ1v) is 20.5. The summed E-state index contributed by atoms with van der Waals surface area (Å²) in [5.41, 5.74) is 16.4. The van der Waals surface area contributed by atoms with E-state index in [-0.39, 0.29) is 5.41 Å². The van der Waals surface area contributed by atoms with Crippen molar-refractivity contribution in [3.63, 3.8) is 0 Å². The van der Waals surface area contributed by atoms with Crippen molar-refractivity contribution in [1.82, 2.24) is 0 Å². The summed E-state index contributed by atoms with van der Waals surface area (Å²) in [7, 11) is 0. The molecule has 0 spiro atoms. The van der Waals surface area contributed by atoms with Gasteiger partial charge in [-0.05, 0) is 127 Å². The molecule has 0 fully saturated rings. The molecule has 1 nitrogen and oxygen atoms in total. The van der Waals surface area contributed by atoms with Gasteiger partial charge in [-0.1, -0.05) is 172 Å². The third kappa shape index (κ3) is 4.76. The van der Waals surface area contributed by atoms with Gasteiger partial charge in [0.05, 0.1) is 11.1 Å². The average Bonchev–Trinajstić information content (AvgIpc) is 3.73. The molecule has 0 aliphatic heterocycles. The molecule has 0 atom stereocenters. The summed E-state index contributed by atoms with van der Waals surface area (Å²) in [6.07, 6.45) is 2.12. The van der Waals surface area contributed by atoms with E-state index in [0.29, 0.717) is 0 Å². The lowest BCUT2D eigenvalue weighted by Gasteiger charge is -2.34. The molecular formula is C56H43N. The maximum atomic E-state index is 2.51. The molecule has 0 heterocycles. The minimum atomic E-state index is -0.444. The largest absolute Gasteiger partial charge is 0.310 e. The molecule has 1 heteroatoms. The van der Waals surface area contributed by atoms with Crippen LogP contribution >= 0.6 is 0 Å². The third-order valence-corrected chi connectivity index (χ3v) is 13.4. The highest BCUT2D eigenvalue weighted by molar-refractivity contribution is 6.01. The minimum absolute atomic E-state index is 0.0208. The van der Waals surface area contributed by atoms with Crippen molar-refractivity contribution >= 4 is 38.6 Å². The van der Waals surface area contributed by atoms with Crippen LogP contribution < -0.4 is 4.90 Å². The fourth-order valence-corrected chi connectivity index (χ4v) is 10.7. The Morgan fingerprint density at radius 2 is 0.877 bits per heavy atom. The van der Waals surface area contributed by atoms with Gasteiger partial charge in [-0.2, -0.15) is 0 Å². The van der Waals surface area contributed by atoms with Crippen molar-refractivity contribution in [3.8, 4) is 22.3 Å². The maximum Gasteiger partial charge on any atom is 0.0713 e. The average molecular weight is 730 g/mol. The van der Waals surface area contributed by atoms with Crippen molar-refractivity contribution in [1.29, 1.82) is 0 Å². The number of fused-ring (bicyclic) bond motifs is 8. The predicted octanol–water partition coefficient (Wildman–Crippen LogP) is 14.9. The molecule has 11 rings (SSSR count). The van der Waals surface area contributed by atoms with Crippen LogP contribution in [0.5, 0.6) is 0 Å². The SMILES string of the molecule is CCC1(CC)c2ccc(N(c3ccc4c(c3)-c3ccccc3C4(c3ccccc3)c3ccccc3)c3cccc4ccccc34)cc2-c2cc3ccccc3cc21. The summed E-state index contributed by atoms with van der Waals surface area (Å²) in [6, 6.07) is 75.0. The molecule has 9 aromatic rings. The van der Waals surface area contributed by atoms with Crippen molar-refractivity contribution in [2.45, 2.75) is 37.5 Å². The molecule has 272 valence electrons. The van der Waals surface area contributed by atoms with E-state index < -0.39 is 5.41 Å². The Bertz CT molecular complexity index is 2940. The summed E-state index contributed by atoms with van der Waals surface area (Å²) in [5.74, 6) is 0. The normalized spacial score (nSPS) is 14.2. The van der Waals surface area contributed by atoms with Crippen LogP contribution in [0, 0.1) is 0 Å². The first-order chi connectivity index (χ1) is 28.2. The molecule has 0 N–H and O–H groups in total. The molecule has 2 aliphatic rings. The zero-order valence-electron chi connectivity index (χ0n) is 32.4. The lowest BCUT2D eigenvalue weighted by molar-refractivity contribution is 0.491. The fraction of sp³-hybridized carbons (Fsp3) is 0.107. The van der Waals surface area contributed by atoms with E-state index in [1.54, 1.807) is 0 Å². The Kier molecular flexibility index (Phi) is 7.63. The Balaban J connectivity index is 1.18. The Hall–Kier alpha value is -6.70. The van der Waals surface area contributed by atoms with Gasteiger partial charge in [-0.15, -0.1) is 0 Å². The Labute approximate surface area is 335 Å². The van der Waals surface area contributed by atoms with Crippen LogP contribution in [-0.2, 0) is 10.8 Å². The van der Waals surface area contributed by atoms with Gasteiger partial charge >= 0.3 is 0 Å². The molecule has 2 aliphatic carbocycles. The molecule has 0 amide bonds. The molecule has 0 aromatic heterocycles. The predicted molar refractivity (Wildman–Crippen MR) is 240 cm³/mol. The van der Waals surface area contributed by atoms with Gasteiger partial charge in [-0.25, -0.2) is 0 Å². The van der Waals surface area contributed by atoms with Gasteiger partial charge in [0.2, 0.25) is 0 Å². The molecule has 57 heavy (non-hydrogen) atoms. The molecule has 0 unspecified atom stereocenters. The highest BCUT2D eigenvalue weighted by Gasteiger charge is 2.46. The highest BCUT2D eigenvalue weighted by Crippen LogP contribution is 2.58. The summed E-state index contributed by atoms with van der Waals surface area (Å²) in [4.78, 5) is 2.51. The van der Waals surface area contributed by atoms with E-state index in [1.165, 1.54) is 82.9 Å². The van der Waals surface area contributed by atoms with E-state index in [1.807, 2.05) is 0 Å². The van der Waals surface area contributed by atoms with Crippen molar-refractivity contribution in [2.24, 2.45) is 0 Å². The van der Waals surface area contributed by atoms with Gasteiger partial charge in [0.15, 0.2) is 0 Å². The molecule has 9 aromatic carbocycles. The Morgan fingerprint density at radius 1 is 0.368 bits per heavy atom. The van der Waals surface area contributed by atoms with Crippen LogP contribution in [0.3, 0.4) is 0 Å². The zero-order valence-corrected chi connectivity index (χ0v) is 32.4. The minimum Gasteiger partial charge on any atom is -0.310 e. The van der Waals surface area contributed by atoms with E-state index in [4.69, 9.17) is 0 Å². The van der Waals surface area contributed by atoms with E-state index in [0.717, 1.165) is 24.2 Å². The van der Waals surface area contributed by atoms with Gasteiger partial charge in [0.25, 0.3) is 0 Å². The van der Waals surface area contributed by atoms with E-state index >= 15 is 0 Å². The van der Waals surface area contributed by atoms with Crippen LogP contribution in [0.1, 0.15) is 60.1 Å². The number of hydrogen-bond donors (Lipinski definition) is 0. The third-order valence-electron chi connectivity index (χ3n) is 13.4. The van der Waals surface area contributed by atoms with Crippen LogP contribution in [0.15, 0.2) is 200 Å². The van der Waals surface area contributed by atoms with Crippen LogP contribution in [-0.4, -0.2) is 0 Å². The number of anilines is 3. The molecule has 0 saturated carbocycles. The Morgan fingerprint density at radius 3 is 1.56 bits per heavy atom. The topological polar surface area (TPSA) is 3.24 Å². The van der Waals surface area contributed by atoms with Crippen molar-refractivity contribution < 1.29 is 0 Å². The zero-order chi connectivity index (χ0) is 38.1. The molecule has 0 saturated heterocycles. The lowest BCUT2D eigenvalue weighted by atomic mass is 9.68. The standard InChI is InChI=1S/C56H43N/c1-3-55(4-2)50-32-30-43(37-49(50)47-34-39-19-11-12-20-40(39)35-53(47)55)57(54-29-17-21-38-18-13-14-26-45(38)54)44-31-33-52-48(36-44)46-27-15-16-28-51(46)56(52,41-22-7-5-8-23-41)42-24-9-6-10-25-42/h5-37H,3-4H2,1-2H3. The molecule has 0 radical (unpaired) electrons. The van der Waals surface area contributed by atoms with Gasteiger partial charge < -0.3 is 4.90 Å². The second-order valence-electron chi connectivity index (χ2n) is 15.9. The number of nitrogens with zero attached hydrogens (tertiary/aromatic N) is 1. The lowest BCUT2D eigenvalue weighted by Crippen LogP contribution is -2.28. The van der Waals surface area contributed by atoms with Crippen LogP contribution in [0.4, 0.5) is 17.1 Å². The fourth-order valence-electron chi connectivity index (χ4n) is 10.7. The molecular weight excluding hydrogens is 687 g/mol. The maximum absolute atomic E-state index is 2.51. The summed E-state index contributed by atoms with van der Waals surface area (Å²) in [5, 5.41) is 5.06. The van der Waals surface area contributed by atoms with Gasteiger partial charge in [0, 0.05) is 22.2 Å². The van der Waals surface area contributed by atoms with E-state index in [2.05, 4.69) is 219 Å². The quantitative estimate of drug-likeness (QED) is 0.158. The summed E-state index contributed by atoms with van der Waals surface area (Å²) < 4.78 is 0. The van der Waals surface area contributed by atoms with Gasteiger partial charge in [0.1, 0.15) is 0 Å². The smallest absolute Gasteiger partial charge is 0.0713 e. The van der Waals surface area contributed by atoms with Gasteiger partial charge in [-0.3, -0.25) is 0 Å². The van der Waals surface area contributed by atoms with Crippen molar-refractivity contribution in [3.05, 3.63) is 234 Å². The number of rotatable bonds is 7.